The molecule has 1 saturated carbocycles. The van der Waals surface area contributed by atoms with Crippen LogP contribution in [0.2, 0.25) is 0 Å². The molecule has 2 aliphatic rings. The van der Waals surface area contributed by atoms with Crippen LogP contribution >= 0.6 is 0 Å². The van der Waals surface area contributed by atoms with Gasteiger partial charge in [0.1, 0.15) is 17.7 Å². The Morgan fingerprint density at radius 2 is 1.83 bits per heavy atom. The number of halogens is 2. The van der Waals surface area contributed by atoms with E-state index in [1.807, 2.05) is 0 Å². The van der Waals surface area contributed by atoms with Crippen molar-refractivity contribution in [1.29, 1.82) is 0 Å². The Morgan fingerprint density at radius 1 is 1.17 bits per heavy atom. The van der Waals surface area contributed by atoms with Crippen LogP contribution in [-0.4, -0.2) is 18.7 Å². The highest BCUT2D eigenvalue weighted by atomic mass is 19.1. The van der Waals surface area contributed by atoms with Crippen LogP contribution in [0.4, 0.5) is 8.78 Å². The SMILES string of the molecule is Fc1cccc(F)c1C1CNCC2(CCCC2)O1. The van der Waals surface area contributed by atoms with E-state index in [-0.39, 0.29) is 11.2 Å². The predicted molar refractivity (Wildman–Crippen MR) is 64.3 cm³/mol. The Labute approximate surface area is 105 Å². The van der Waals surface area contributed by atoms with Gasteiger partial charge in [0, 0.05) is 13.1 Å². The zero-order chi connectivity index (χ0) is 12.6. The molecular formula is C14H17F2NO. The second kappa shape index (κ2) is 4.59. The minimum absolute atomic E-state index is 0.0657. The molecule has 1 aliphatic heterocycles. The van der Waals surface area contributed by atoms with Gasteiger partial charge in [0.2, 0.25) is 0 Å². The normalized spacial score (nSPS) is 26.7. The zero-order valence-corrected chi connectivity index (χ0v) is 10.2. The summed E-state index contributed by atoms with van der Waals surface area (Å²) in [5.74, 6) is -1.03. The van der Waals surface area contributed by atoms with E-state index >= 15 is 0 Å². The molecule has 0 amide bonds. The van der Waals surface area contributed by atoms with Gasteiger partial charge < -0.3 is 10.1 Å². The number of ether oxygens (including phenoxy) is 1. The molecule has 1 saturated heterocycles. The van der Waals surface area contributed by atoms with Crippen molar-refractivity contribution < 1.29 is 13.5 Å². The van der Waals surface area contributed by atoms with Gasteiger partial charge in [-0.15, -0.1) is 0 Å². The van der Waals surface area contributed by atoms with Crippen molar-refractivity contribution in [2.45, 2.75) is 37.4 Å². The summed E-state index contributed by atoms with van der Waals surface area (Å²) in [6.07, 6.45) is 3.71. The van der Waals surface area contributed by atoms with Gasteiger partial charge >= 0.3 is 0 Å². The molecule has 1 aromatic carbocycles. The summed E-state index contributed by atoms with van der Waals surface area (Å²) in [5, 5.41) is 3.26. The van der Waals surface area contributed by atoms with Crippen LogP contribution in [-0.2, 0) is 4.74 Å². The Morgan fingerprint density at radius 3 is 2.50 bits per heavy atom. The van der Waals surface area contributed by atoms with E-state index in [0.717, 1.165) is 32.2 Å². The van der Waals surface area contributed by atoms with Gasteiger partial charge in [-0.25, -0.2) is 8.78 Å². The molecule has 1 heterocycles. The second-order valence-corrected chi connectivity index (χ2v) is 5.26. The lowest BCUT2D eigenvalue weighted by Crippen LogP contribution is -2.49. The van der Waals surface area contributed by atoms with Crippen molar-refractivity contribution >= 4 is 0 Å². The third-order valence-corrected chi connectivity index (χ3v) is 4.01. The maximum absolute atomic E-state index is 13.8. The molecule has 1 N–H and O–H groups in total. The second-order valence-electron chi connectivity index (χ2n) is 5.26. The van der Waals surface area contributed by atoms with Crippen LogP contribution in [0.15, 0.2) is 18.2 Å². The zero-order valence-electron chi connectivity index (χ0n) is 10.2. The molecule has 2 nitrogen and oxygen atoms in total. The van der Waals surface area contributed by atoms with Crippen molar-refractivity contribution in [1.82, 2.24) is 5.32 Å². The topological polar surface area (TPSA) is 21.3 Å². The maximum Gasteiger partial charge on any atom is 0.132 e. The molecule has 1 aromatic rings. The first-order valence-electron chi connectivity index (χ1n) is 6.53. The van der Waals surface area contributed by atoms with Gasteiger partial charge in [-0.1, -0.05) is 18.9 Å². The van der Waals surface area contributed by atoms with Crippen molar-refractivity contribution in [3.05, 3.63) is 35.4 Å². The number of morpholine rings is 1. The third-order valence-electron chi connectivity index (χ3n) is 4.01. The monoisotopic (exact) mass is 253 g/mol. The standard InChI is InChI=1S/C14H17F2NO/c15-10-4-3-5-11(16)13(10)12-8-17-9-14(18-12)6-1-2-7-14/h3-5,12,17H,1-2,6-9H2. The first-order valence-corrected chi connectivity index (χ1v) is 6.53. The van der Waals surface area contributed by atoms with E-state index in [4.69, 9.17) is 4.74 Å². The van der Waals surface area contributed by atoms with Crippen LogP contribution in [0, 0.1) is 11.6 Å². The number of benzene rings is 1. The summed E-state index contributed by atoms with van der Waals surface area (Å²) in [6, 6.07) is 3.96. The first kappa shape index (κ1) is 12.1. The van der Waals surface area contributed by atoms with Crippen LogP contribution in [0.1, 0.15) is 37.4 Å². The Bertz CT molecular complexity index is 423. The lowest BCUT2D eigenvalue weighted by molar-refractivity contribution is -0.116. The van der Waals surface area contributed by atoms with E-state index in [9.17, 15) is 8.78 Å². The quantitative estimate of drug-likeness (QED) is 0.831. The van der Waals surface area contributed by atoms with Crippen LogP contribution in [0.5, 0.6) is 0 Å². The summed E-state index contributed by atoms with van der Waals surface area (Å²) >= 11 is 0. The molecule has 1 spiro atoms. The number of nitrogens with one attached hydrogen (secondary N) is 1. The molecule has 1 atom stereocenters. The molecule has 0 bridgehead atoms. The fourth-order valence-corrected chi connectivity index (χ4v) is 3.11. The molecule has 1 aliphatic carbocycles. The van der Waals surface area contributed by atoms with E-state index in [1.54, 1.807) is 0 Å². The highest BCUT2D eigenvalue weighted by molar-refractivity contribution is 5.23. The fourth-order valence-electron chi connectivity index (χ4n) is 3.11. The summed E-state index contributed by atoms with van der Waals surface area (Å²) < 4.78 is 33.6. The predicted octanol–water partition coefficient (Wildman–Crippen LogP) is 2.94. The van der Waals surface area contributed by atoms with E-state index in [2.05, 4.69) is 5.32 Å². The smallest absolute Gasteiger partial charge is 0.132 e. The van der Waals surface area contributed by atoms with E-state index in [1.165, 1.54) is 18.2 Å². The van der Waals surface area contributed by atoms with Crippen molar-refractivity contribution in [3.8, 4) is 0 Å². The number of hydrogen-bond acceptors (Lipinski definition) is 2. The maximum atomic E-state index is 13.8. The highest BCUT2D eigenvalue weighted by Gasteiger charge is 2.41. The summed E-state index contributed by atoms with van der Waals surface area (Å²) in [5.41, 5.74) is -0.145. The lowest BCUT2D eigenvalue weighted by Gasteiger charge is -2.39. The molecule has 2 fully saturated rings. The molecule has 4 heteroatoms. The van der Waals surface area contributed by atoms with Crippen molar-refractivity contribution in [3.63, 3.8) is 0 Å². The molecule has 98 valence electrons. The van der Waals surface area contributed by atoms with Gasteiger partial charge in [-0.3, -0.25) is 0 Å². The van der Waals surface area contributed by atoms with E-state index in [0.29, 0.717) is 6.54 Å². The minimum Gasteiger partial charge on any atom is -0.364 e. The molecule has 0 radical (unpaired) electrons. The molecule has 18 heavy (non-hydrogen) atoms. The van der Waals surface area contributed by atoms with Crippen LogP contribution in [0.3, 0.4) is 0 Å². The summed E-state index contributed by atoms with van der Waals surface area (Å²) in [7, 11) is 0. The molecule has 0 aromatic heterocycles. The van der Waals surface area contributed by atoms with E-state index < -0.39 is 17.7 Å². The Hall–Kier alpha value is -1.00. The first-order chi connectivity index (χ1) is 8.70. The van der Waals surface area contributed by atoms with Crippen LogP contribution < -0.4 is 5.32 Å². The Balaban J connectivity index is 1.88. The number of hydrogen-bond donors (Lipinski definition) is 1. The third kappa shape index (κ3) is 2.04. The van der Waals surface area contributed by atoms with Crippen molar-refractivity contribution in [2.75, 3.05) is 13.1 Å². The molecule has 3 rings (SSSR count). The average Bonchev–Trinajstić information content (AvgIpc) is 2.77. The lowest BCUT2D eigenvalue weighted by atomic mass is 9.97. The molecular weight excluding hydrogens is 236 g/mol. The van der Waals surface area contributed by atoms with Gasteiger partial charge in [-0.2, -0.15) is 0 Å². The summed E-state index contributed by atoms with van der Waals surface area (Å²) in [4.78, 5) is 0. The van der Waals surface area contributed by atoms with Crippen molar-refractivity contribution in [2.24, 2.45) is 0 Å². The highest BCUT2D eigenvalue weighted by Crippen LogP contribution is 2.39. The van der Waals surface area contributed by atoms with Crippen LogP contribution in [0.25, 0.3) is 0 Å². The number of rotatable bonds is 1. The fraction of sp³-hybridized carbons (Fsp3) is 0.571. The van der Waals surface area contributed by atoms with Gasteiger partial charge in [0.05, 0.1) is 11.2 Å². The largest absolute Gasteiger partial charge is 0.364 e. The van der Waals surface area contributed by atoms with Gasteiger partial charge in [-0.05, 0) is 25.0 Å². The Kier molecular flexibility index (Phi) is 3.08. The average molecular weight is 253 g/mol. The molecule has 1 unspecified atom stereocenters. The van der Waals surface area contributed by atoms with Gasteiger partial charge in [0.25, 0.3) is 0 Å². The van der Waals surface area contributed by atoms with Gasteiger partial charge in [0.15, 0.2) is 0 Å². The minimum atomic E-state index is -0.517. The summed E-state index contributed by atoms with van der Waals surface area (Å²) in [6.45, 7) is 1.26.